The number of esters is 1. The summed E-state index contributed by atoms with van der Waals surface area (Å²) in [4.78, 5) is 12.2. The molecule has 0 unspecified atom stereocenters. The highest BCUT2D eigenvalue weighted by Gasteiger charge is 2.22. The van der Waals surface area contributed by atoms with Gasteiger partial charge >= 0.3 is 5.97 Å². The smallest absolute Gasteiger partial charge is 0.311 e. The Labute approximate surface area is 227 Å². The molecular weight excluding hydrogens is 452 g/mol. The van der Waals surface area contributed by atoms with Crippen molar-refractivity contribution in [3.05, 3.63) is 64.2 Å². The van der Waals surface area contributed by atoms with E-state index in [-0.39, 0.29) is 5.97 Å². The molecule has 0 atom stereocenters. The SMILES string of the molecule is CCCCCCCC(=O)Oc1ccc(CCc2ccc(C3CCC(CCCCC)CC3)cc2C)cc1C. The van der Waals surface area contributed by atoms with Crippen LogP contribution in [-0.4, -0.2) is 5.97 Å². The molecule has 2 nitrogen and oxygen atoms in total. The third kappa shape index (κ3) is 9.95. The van der Waals surface area contributed by atoms with Crippen LogP contribution in [0.2, 0.25) is 0 Å². The highest BCUT2D eigenvalue weighted by atomic mass is 16.5. The average Bonchev–Trinajstić information content (AvgIpc) is 2.90. The zero-order chi connectivity index (χ0) is 26.5. The van der Waals surface area contributed by atoms with Gasteiger partial charge in [-0.05, 0) is 105 Å². The topological polar surface area (TPSA) is 26.3 Å². The van der Waals surface area contributed by atoms with E-state index in [1.165, 1.54) is 87.3 Å². The summed E-state index contributed by atoms with van der Waals surface area (Å²) in [7, 11) is 0. The first-order valence-electron chi connectivity index (χ1n) is 15.4. The van der Waals surface area contributed by atoms with Crippen molar-refractivity contribution in [1.29, 1.82) is 0 Å². The van der Waals surface area contributed by atoms with E-state index < -0.39 is 0 Å². The van der Waals surface area contributed by atoms with Gasteiger partial charge in [-0.15, -0.1) is 0 Å². The summed E-state index contributed by atoms with van der Waals surface area (Å²) >= 11 is 0. The molecule has 0 aromatic heterocycles. The molecule has 1 saturated carbocycles. The number of carbonyl (C=O) groups is 1. The fourth-order valence-electron chi connectivity index (χ4n) is 6.03. The van der Waals surface area contributed by atoms with Crippen molar-refractivity contribution in [2.75, 3.05) is 0 Å². The summed E-state index contributed by atoms with van der Waals surface area (Å²) < 4.78 is 5.65. The Morgan fingerprint density at radius 3 is 2.22 bits per heavy atom. The molecule has 1 aliphatic rings. The van der Waals surface area contributed by atoms with E-state index in [1.807, 2.05) is 13.0 Å². The van der Waals surface area contributed by atoms with Crippen molar-refractivity contribution < 1.29 is 9.53 Å². The van der Waals surface area contributed by atoms with Gasteiger partial charge in [-0.3, -0.25) is 4.79 Å². The van der Waals surface area contributed by atoms with E-state index in [1.54, 1.807) is 5.56 Å². The minimum Gasteiger partial charge on any atom is -0.426 e. The first-order chi connectivity index (χ1) is 18.0. The van der Waals surface area contributed by atoms with Crippen LogP contribution in [0.25, 0.3) is 0 Å². The Kier molecular flexibility index (Phi) is 12.7. The molecule has 0 amide bonds. The van der Waals surface area contributed by atoms with Gasteiger partial charge in [0.15, 0.2) is 0 Å². The number of carbonyl (C=O) groups excluding carboxylic acids is 1. The van der Waals surface area contributed by atoms with Crippen LogP contribution in [0.15, 0.2) is 36.4 Å². The van der Waals surface area contributed by atoms with E-state index in [0.29, 0.717) is 12.2 Å². The molecule has 0 heterocycles. The number of ether oxygens (including phenoxy) is 1. The van der Waals surface area contributed by atoms with Gasteiger partial charge in [0.05, 0.1) is 0 Å². The average molecular weight is 505 g/mol. The van der Waals surface area contributed by atoms with Crippen LogP contribution < -0.4 is 4.74 Å². The maximum Gasteiger partial charge on any atom is 0.311 e. The minimum absolute atomic E-state index is 0.104. The monoisotopic (exact) mass is 504 g/mol. The summed E-state index contributed by atoms with van der Waals surface area (Å²) in [5, 5.41) is 0. The number of rotatable bonds is 15. The number of aryl methyl sites for hydroxylation is 4. The molecule has 2 heteroatoms. The Hall–Kier alpha value is -2.09. The Balaban J connectivity index is 1.45. The lowest BCUT2D eigenvalue weighted by molar-refractivity contribution is -0.134. The molecule has 1 aliphatic carbocycles. The molecule has 37 heavy (non-hydrogen) atoms. The van der Waals surface area contributed by atoms with Crippen molar-refractivity contribution in [2.24, 2.45) is 5.92 Å². The summed E-state index contributed by atoms with van der Waals surface area (Å²) in [5.41, 5.74) is 6.80. The predicted octanol–water partition coefficient (Wildman–Crippen LogP) is 10.2. The zero-order valence-electron chi connectivity index (χ0n) is 24.2. The summed E-state index contributed by atoms with van der Waals surface area (Å²) in [5.74, 6) is 2.33. The van der Waals surface area contributed by atoms with Crippen molar-refractivity contribution in [3.8, 4) is 5.75 Å². The van der Waals surface area contributed by atoms with Gasteiger partial charge in [-0.25, -0.2) is 0 Å². The Bertz CT molecular complexity index is 952. The first kappa shape index (κ1) is 29.5. The van der Waals surface area contributed by atoms with Gasteiger partial charge in [-0.2, -0.15) is 0 Å². The predicted molar refractivity (Wildman–Crippen MR) is 158 cm³/mol. The van der Waals surface area contributed by atoms with Crippen LogP contribution in [-0.2, 0) is 17.6 Å². The molecule has 0 aliphatic heterocycles. The van der Waals surface area contributed by atoms with E-state index in [4.69, 9.17) is 4.74 Å². The molecule has 0 radical (unpaired) electrons. The van der Waals surface area contributed by atoms with Crippen molar-refractivity contribution >= 4 is 5.97 Å². The number of unbranched alkanes of at least 4 members (excludes halogenated alkanes) is 6. The maximum atomic E-state index is 12.2. The van der Waals surface area contributed by atoms with Crippen molar-refractivity contribution in [2.45, 2.75) is 136 Å². The Morgan fingerprint density at radius 1 is 0.784 bits per heavy atom. The fourth-order valence-corrected chi connectivity index (χ4v) is 6.03. The van der Waals surface area contributed by atoms with Gasteiger partial charge in [0.25, 0.3) is 0 Å². The lowest BCUT2D eigenvalue weighted by atomic mass is 9.76. The van der Waals surface area contributed by atoms with E-state index in [0.717, 1.165) is 43.1 Å². The molecule has 204 valence electrons. The van der Waals surface area contributed by atoms with Crippen LogP contribution in [0.4, 0.5) is 0 Å². The molecule has 2 aromatic rings. The standard InChI is InChI=1S/C35H52O2/c1-5-7-9-10-12-14-35(36)37-34-24-18-30(25-28(34)4)17-19-31-22-23-33(26-27(31)3)32-20-15-29(16-21-32)13-11-8-6-2/h18,22-26,29,32H,5-17,19-21H2,1-4H3. The van der Waals surface area contributed by atoms with Gasteiger partial charge < -0.3 is 4.74 Å². The van der Waals surface area contributed by atoms with Crippen LogP contribution in [0.5, 0.6) is 5.75 Å². The quantitative estimate of drug-likeness (QED) is 0.137. The lowest BCUT2D eigenvalue weighted by Crippen LogP contribution is -2.13. The second-order valence-corrected chi connectivity index (χ2v) is 11.6. The molecule has 0 spiro atoms. The zero-order valence-corrected chi connectivity index (χ0v) is 24.2. The molecule has 0 saturated heterocycles. The third-order valence-electron chi connectivity index (χ3n) is 8.53. The van der Waals surface area contributed by atoms with Crippen LogP contribution in [0.1, 0.15) is 137 Å². The van der Waals surface area contributed by atoms with Crippen LogP contribution >= 0.6 is 0 Å². The van der Waals surface area contributed by atoms with E-state index in [9.17, 15) is 4.79 Å². The first-order valence-corrected chi connectivity index (χ1v) is 15.4. The number of hydrogen-bond donors (Lipinski definition) is 0. The van der Waals surface area contributed by atoms with Crippen molar-refractivity contribution in [3.63, 3.8) is 0 Å². The van der Waals surface area contributed by atoms with Gasteiger partial charge in [0.1, 0.15) is 5.75 Å². The Morgan fingerprint density at radius 2 is 1.51 bits per heavy atom. The van der Waals surface area contributed by atoms with Crippen LogP contribution in [0, 0.1) is 19.8 Å². The molecular formula is C35H52O2. The molecule has 0 bridgehead atoms. The van der Waals surface area contributed by atoms with E-state index >= 15 is 0 Å². The highest BCUT2D eigenvalue weighted by molar-refractivity contribution is 5.72. The highest BCUT2D eigenvalue weighted by Crippen LogP contribution is 2.38. The molecule has 2 aromatic carbocycles. The summed E-state index contributed by atoms with van der Waals surface area (Å²) in [6, 6.07) is 13.5. The second kappa shape index (κ2) is 16.0. The fraction of sp³-hybridized carbons (Fsp3) is 0.629. The van der Waals surface area contributed by atoms with E-state index in [2.05, 4.69) is 51.1 Å². The molecule has 3 rings (SSSR count). The molecule has 1 fully saturated rings. The number of benzene rings is 2. The maximum absolute atomic E-state index is 12.2. The molecule has 0 N–H and O–H groups in total. The number of hydrogen-bond acceptors (Lipinski definition) is 2. The lowest BCUT2D eigenvalue weighted by Gasteiger charge is -2.29. The largest absolute Gasteiger partial charge is 0.426 e. The minimum atomic E-state index is -0.104. The summed E-state index contributed by atoms with van der Waals surface area (Å²) in [6.07, 6.45) is 19.5. The van der Waals surface area contributed by atoms with Gasteiger partial charge in [0.2, 0.25) is 0 Å². The second-order valence-electron chi connectivity index (χ2n) is 11.6. The van der Waals surface area contributed by atoms with Gasteiger partial charge in [-0.1, -0.05) is 95.5 Å². The third-order valence-corrected chi connectivity index (χ3v) is 8.53. The van der Waals surface area contributed by atoms with Gasteiger partial charge in [0, 0.05) is 6.42 Å². The normalized spacial score (nSPS) is 17.6. The van der Waals surface area contributed by atoms with Crippen LogP contribution in [0.3, 0.4) is 0 Å². The van der Waals surface area contributed by atoms with Crippen molar-refractivity contribution in [1.82, 2.24) is 0 Å². The summed E-state index contributed by atoms with van der Waals surface area (Å²) in [6.45, 7) is 8.84.